The van der Waals surface area contributed by atoms with Gasteiger partial charge in [0.15, 0.2) is 5.82 Å². The number of benzene rings is 1. The third-order valence-electron chi connectivity index (χ3n) is 2.95. The number of nitrogens with zero attached hydrogens (tertiary/aromatic N) is 4. The first-order chi connectivity index (χ1) is 9.27. The molecule has 0 bridgehead atoms. The summed E-state index contributed by atoms with van der Waals surface area (Å²) in [7, 11) is 0. The predicted octanol–water partition coefficient (Wildman–Crippen LogP) is 2.22. The van der Waals surface area contributed by atoms with Gasteiger partial charge in [-0.05, 0) is 25.1 Å². The zero-order valence-electron chi connectivity index (χ0n) is 10.5. The number of aromatic nitrogens is 4. The van der Waals surface area contributed by atoms with Gasteiger partial charge in [-0.2, -0.15) is 5.10 Å². The first kappa shape index (κ1) is 11.4. The van der Waals surface area contributed by atoms with Crippen molar-refractivity contribution in [3.63, 3.8) is 0 Å². The maximum absolute atomic E-state index is 6.12. The number of rotatable bonds is 2. The molecule has 0 spiro atoms. The van der Waals surface area contributed by atoms with Crippen molar-refractivity contribution in [2.45, 2.75) is 6.92 Å². The molecule has 5 heteroatoms. The Balaban J connectivity index is 2.16. The van der Waals surface area contributed by atoms with E-state index in [1.807, 2.05) is 37.3 Å². The Morgan fingerprint density at radius 2 is 1.68 bits per heavy atom. The molecular formula is C14H13N5. The van der Waals surface area contributed by atoms with Crippen LogP contribution < -0.4 is 5.73 Å². The zero-order chi connectivity index (χ0) is 13.2. The molecule has 0 fully saturated rings. The van der Waals surface area contributed by atoms with Gasteiger partial charge in [0, 0.05) is 18.0 Å². The summed E-state index contributed by atoms with van der Waals surface area (Å²) in [5.41, 5.74) is 8.63. The maximum atomic E-state index is 6.12. The van der Waals surface area contributed by atoms with Crippen molar-refractivity contribution in [1.82, 2.24) is 19.7 Å². The fraction of sp³-hybridized carbons (Fsp3) is 0.0714. The minimum absolute atomic E-state index is 0.585. The summed E-state index contributed by atoms with van der Waals surface area (Å²) in [5, 5.41) is 4.52. The highest BCUT2D eigenvalue weighted by Gasteiger charge is 2.15. The average molecular weight is 251 g/mol. The third kappa shape index (κ3) is 1.95. The van der Waals surface area contributed by atoms with Crippen LogP contribution in [-0.4, -0.2) is 19.7 Å². The Labute approximate surface area is 110 Å². The molecule has 3 aromatic rings. The number of hydrogen-bond acceptors (Lipinski definition) is 4. The third-order valence-corrected chi connectivity index (χ3v) is 2.95. The van der Waals surface area contributed by atoms with Gasteiger partial charge in [-0.15, -0.1) is 0 Å². The topological polar surface area (TPSA) is 69.6 Å². The average Bonchev–Trinajstić information content (AvgIpc) is 2.77. The number of nitrogens with two attached hydrogens (primary N) is 1. The van der Waals surface area contributed by atoms with Crippen LogP contribution in [0.5, 0.6) is 0 Å². The lowest BCUT2D eigenvalue weighted by atomic mass is 10.2. The molecule has 0 aliphatic heterocycles. The molecule has 0 saturated carbocycles. The number of para-hydroxylation sites is 1. The highest BCUT2D eigenvalue weighted by Crippen LogP contribution is 2.25. The molecule has 19 heavy (non-hydrogen) atoms. The fourth-order valence-electron chi connectivity index (χ4n) is 1.91. The molecule has 5 nitrogen and oxygen atoms in total. The first-order valence-corrected chi connectivity index (χ1v) is 5.95. The highest BCUT2D eigenvalue weighted by molar-refractivity contribution is 5.63. The van der Waals surface area contributed by atoms with Gasteiger partial charge in [0.25, 0.3) is 0 Å². The molecule has 1 aromatic carbocycles. The van der Waals surface area contributed by atoms with Gasteiger partial charge in [-0.25, -0.2) is 14.6 Å². The second kappa shape index (κ2) is 4.53. The molecule has 0 amide bonds. The zero-order valence-corrected chi connectivity index (χ0v) is 10.5. The SMILES string of the molecule is Cc1c(-c2ncccn2)nn(-c2ccccc2)c1N. The molecule has 0 aliphatic carbocycles. The number of nitrogen functional groups attached to an aromatic ring is 1. The van der Waals surface area contributed by atoms with Crippen LogP contribution in [0.4, 0.5) is 5.82 Å². The van der Waals surface area contributed by atoms with Crippen molar-refractivity contribution in [1.29, 1.82) is 0 Å². The van der Waals surface area contributed by atoms with Crippen LogP contribution in [0.15, 0.2) is 48.8 Å². The molecular weight excluding hydrogens is 238 g/mol. The Kier molecular flexibility index (Phi) is 2.72. The first-order valence-electron chi connectivity index (χ1n) is 5.95. The molecule has 0 saturated heterocycles. The summed E-state index contributed by atoms with van der Waals surface area (Å²) < 4.78 is 1.71. The molecule has 0 atom stereocenters. The number of hydrogen-bond donors (Lipinski definition) is 1. The Morgan fingerprint density at radius 3 is 2.37 bits per heavy atom. The second-order valence-corrected chi connectivity index (χ2v) is 4.18. The van der Waals surface area contributed by atoms with E-state index in [9.17, 15) is 0 Å². The molecule has 2 heterocycles. The van der Waals surface area contributed by atoms with Gasteiger partial charge in [0.05, 0.1) is 5.69 Å². The van der Waals surface area contributed by atoms with Gasteiger partial charge in [-0.3, -0.25) is 0 Å². The van der Waals surface area contributed by atoms with E-state index in [1.54, 1.807) is 23.1 Å². The van der Waals surface area contributed by atoms with Crippen LogP contribution >= 0.6 is 0 Å². The maximum Gasteiger partial charge on any atom is 0.180 e. The Morgan fingerprint density at radius 1 is 1.00 bits per heavy atom. The van der Waals surface area contributed by atoms with E-state index in [1.165, 1.54) is 0 Å². The Bertz CT molecular complexity index is 629. The summed E-state index contributed by atoms with van der Waals surface area (Å²) in [6.07, 6.45) is 3.39. The van der Waals surface area contributed by atoms with E-state index in [0.717, 1.165) is 11.3 Å². The van der Waals surface area contributed by atoms with Crippen LogP contribution in [0.2, 0.25) is 0 Å². The van der Waals surface area contributed by atoms with E-state index >= 15 is 0 Å². The van der Waals surface area contributed by atoms with E-state index in [0.29, 0.717) is 17.3 Å². The van der Waals surface area contributed by atoms with Crippen molar-refractivity contribution >= 4 is 5.82 Å². The molecule has 94 valence electrons. The van der Waals surface area contributed by atoms with Crippen molar-refractivity contribution < 1.29 is 0 Å². The molecule has 2 N–H and O–H groups in total. The number of anilines is 1. The minimum atomic E-state index is 0.585. The van der Waals surface area contributed by atoms with Crippen LogP contribution in [0.3, 0.4) is 0 Å². The molecule has 2 aromatic heterocycles. The van der Waals surface area contributed by atoms with E-state index in [4.69, 9.17) is 5.73 Å². The fourth-order valence-corrected chi connectivity index (χ4v) is 1.91. The van der Waals surface area contributed by atoms with Crippen molar-refractivity contribution in [3.05, 3.63) is 54.4 Å². The van der Waals surface area contributed by atoms with Crippen molar-refractivity contribution in [2.75, 3.05) is 5.73 Å². The van der Waals surface area contributed by atoms with Crippen LogP contribution in [0.1, 0.15) is 5.56 Å². The molecule has 0 radical (unpaired) electrons. The minimum Gasteiger partial charge on any atom is -0.383 e. The highest BCUT2D eigenvalue weighted by atomic mass is 15.3. The largest absolute Gasteiger partial charge is 0.383 e. The van der Waals surface area contributed by atoms with Gasteiger partial charge < -0.3 is 5.73 Å². The van der Waals surface area contributed by atoms with Gasteiger partial charge in [0.1, 0.15) is 11.5 Å². The summed E-state index contributed by atoms with van der Waals surface area (Å²) in [6.45, 7) is 1.92. The van der Waals surface area contributed by atoms with Gasteiger partial charge in [0.2, 0.25) is 0 Å². The molecule has 0 unspecified atom stereocenters. The summed E-state index contributed by atoms with van der Waals surface area (Å²) in [6, 6.07) is 11.5. The monoisotopic (exact) mass is 251 g/mol. The van der Waals surface area contributed by atoms with Gasteiger partial charge >= 0.3 is 0 Å². The van der Waals surface area contributed by atoms with Crippen LogP contribution in [0.25, 0.3) is 17.2 Å². The summed E-state index contributed by atoms with van der Waals surface area (Å²) in [5.74, 6) is 1.19. The smallest absolute Gasteiger partial charge is 0.180 e. The van der Waals surface area contributed by atoms with Crippen molar-refractivity contribution in [2.24, 2.45) is 0 Å². The van der Waals surface area contributed by atoms with Crippen LogP contribution in [-0.2, 0) is 0 Å². The summed E-state index contributed by atoms with van der Waals surface area (Å²) >= 11 is 0. The molecule has 0 aliphatic rings. The van der Waals surface area contributed by atoms with Crippen LogP contribution in [0, 0.1) is 6.92 Å². The standard InChI is InChI=1S/C14H13N5/c1-10-12(14-16-8-5-9-17-14)18-19(13(10)15)11-6-3-2-4-7-11/h2-9H,15H2,1H3. The Hall–Kier alpha value is -2.69. The quantitative estimate of drug-likeness (QED) is 0.758. The van der Waals surface area contributed by atoms with E-state index < -0.39 is 0 Å². The molecule has 3 rings (SSSR count). The van der Waals surface area contributed by atoms with E-state index in [-0.39, 0.29) is 0 Å². The lowest BCUT2D eigenvalue weighted by Crippen LogP contribution is -2.01. The lowest BCUT2D eigenvalue weighted by Gasteiger charge is -2.02. The second-order valence-electron chi connectivity index (χ2n) is 4.18. The van der Waals surface area contributed by atoms with E-state index in [2.05, 4.69) is 15.1 Å². The normalized spacial score (nSPS) is 10.6. The predicted molar refractivity (Wildman–Crippen MR) is 73.7 cm³/mol. The van der Waals surface area contributed by atoms with Crippen molar-refractivity contribution in [3.8, 4) is 17.2 Å². The summed E-state index contributed by atoms with van der Waals surface area (Å²) in [4.78, 5) is 8.43. The lowest BCUT2D eigenvalue weighted by molar-refractivity contribution is 0.889. The van der Waals surface area contributed by atoms with Gasteiger partial charge in [-0.1, -0.05) is 18.2 Å².